The predicted octanol–water partition coefficient (Wildman–Crippen LogP) is 1.61. The molecule has 0 aliphatic heterocycles. The van der Waals surface area contributed by atoms with Crippen molar-refractivity contribution in [1.82, 2.24) is 14.6 Å². The molecule has 2 heterocycles. The Hall–Kier alpha value is -1.69. The summed E-state index contributed by atoms with van der Waals surface area (Å²) in [6.45, 7) is 0.653. The molecule has 0 aliphatic carbocycles. The van der Waals surface area contributed by atoms with Gasteiger partial charge in [0.05, 0.1) is 12.2 Å². The number of hydrogen-bond acceptors (Lipinski definition) is 6. The molecule has 0 saturated heterocycles. The van der Waals surface area contributed by atoms with Gasteiger partial charge in [-0.2, -0.15) is 0 Å². The van der Waals surface area contributed by atoms with Gasteiger partial charge in [-0.25, -0.2) is 4.98 Å². The van der Waals surface area contributed by atoms with Crippen molar-refractivity contribution in [2.45, 2.75) is 6.54 Å². The third-order valence-electron chi connectivity index (χ3n) is 2.05. The summed E-state index contributed by atoms with van der Waals surface area (Å²) in [5, 5.41) is 9.08. The molecule has 6 heteroatoms. The Morgan fingerprint density at radius 2 is 2.25 bits per heavy atom. The van der Waals surface area contributed by atoms with Crippen LogP contribution in [0, 0.1) is 0 Å². The normalized spacial score (nSPS) is 10.1. The third kappa shape index (κ3) is 2.66. The number of anilines is 2. The molecule has 0 radical (unpaired) electrons. The van der Waals surface area contributed by atoms with Crippen LogP contribution in [0.25, 0.3) is 0 Å². The Labute approximate surface area is 98.3 Å². The number of nitrogens with one attached hydrogen (secondary N) is 1. The molecule has 0 atom stereocenters. The SMILES string of the molecule is CN(C)c1cccc(NCc2csnn2)n1. The largest absolute Gasteiger partial charge is 0.364 e. The van der Waals surface area contributed by atoms with E-state index in [-0.39, 0.29) is 0 Å². The molecule has 2 rings (SSSR count). The summed E-state index contributed by atoms with van der Waals surface area (Å²) in [5.74, 6) is 1.78. The molecule has 0 unspecified atom stereocenters. The van der Waals surface area contributed by atoms with Crippen LogP contribution in [0.15, 0.2) is 23.6 Å². The molecule has 0 fully saturated rings. The number of pyridine rings is 1. The minimum absolute atomic E-state index is 0.653. The Morgan fingerprint density at radius 3 is 2.94 bits per heavy atom. The smallest absolute Gasteiger partial charge is 0.130 e. The first-order valence-corrected chi connectivity index (χ1v) is 5.73. The van der Waals surface area contributed by atoms with Gasteiger partial charge in [0.2, 0.25) is 0 Å². The zero-order chi connectivity index (χ0) is 11.4. The Morgan fingerprint density at radius 1 is 1.38 bits per heavy atom. The van der Waals surface area contributed by atoms with E-state index in [0.29, 0.717) is 6.54 Å². The molecule has 84 valence electrons. The maximum Gasteiger partial charge on any atom is 0.130 e. The van der Waals surface area contributed by atoms with Crippen molar-refractivity contribution in [3.8, 4) is 0 Å². The van der Waals surface area contributed by atoms with Gasteiger partial charge >= 0.3 is 0 Å². The Balaban J connectivity index is 2.01. The van der Waals surface area contributed by atoms with Gasteiger partial charge in [-0.15, -0.1) is 5.10 Å². The van der Waals surface area contributed by atoms with Crippen molar-refractivity contribution >= 4 is 23.2 Å². The molecule has 5 nitrogen and oxygen atoms in total. The second kappa shape index (κ2) is 4.89. The zero-order valence-electron chi connectivity index (χ0n) is 9.21. The monoisotopic (exact) mass is 235 g/mol. The summed E-state index contributed by atoms with van der Waals surface area (Å²) < 4.78 is 3.80. The van der Waals surface area contributed by atoms with Crippen LogP contribution in [-0.2, 0) is 6.54 Å². The average molecular weight is 235 g/mol. The first-order valence-electron chi connectivity index (χ1n) is 4.90. The minimum Gasteiger partial charge on any atom is -0.364 e. The van der Waals surface area contributed by atoms with E-state index in [1.54, 1.807) is 0 Å². The highest BCUT2D eigenvalue weighted by Crippen LogP contribution is 2.12. The quantitative estimate of drug-likeness (QED) is 0.872. The van der Waals surface area contributed by atoms with E-state index in [9.17, 15) is 0 Å². The minimum atomic E-state index is 0.653. The van der Waals surface area contributed by atoms with Crippen LogP contribution in [0.1, 0.15) is 5.69 Å². The standard InChI is InChI=1S/C10H13N5S/c1-15(2)10-5-3-4-9(12-10)11-6-8-7-16-14-13-8/h3-5,7H,6H2,1-2H3,(H,11,12). The van der Waals surface area contributed by atoms with E-state index in [1.165, 1.54) is 11.5 Å². The van der Waals surface area contributed by atoms with E-state index in [0.717, 1.165) is 17.3 Å². The third-order valence-corrected chi connectivity index (χ3v) is 2.60. The van der Waals surface area contributed by atoms with E-state index >= 15 is 0 Å². The first-order chi connectivity index (χ1) is 7.75. The van der Waals surface area contributed by atoms with Gasteiger partial charge < -0.3 is 10.2 Å². The van der Waals surface area contributed by atoms with Gasteiger partial charge in [0.25, 0.3) is 0 Å². The summed E-state index contributed by atoms with van der Waals surface area (Å²) in [5.41, 5.74) is 0.932. The van der Waals surface area contributed by atoms with Gasteiger partial charge in [-0.05, 0) is 23.7 Å². The summed E-state index contributed by atoms with van der Waals surface area (Å²) >= 11 is 1.35. The molecule has 0 bridgehead atoms. The molecule has 1 N–H and O–H groups in total. The molecule has 2 aromatic rings. The van der Waals surface area contributed by atoms with Gasteiger partial charge in [-0.3, -0.25) is 0 Å². The number of aromatic nitrogens is 3. The fourth-order valence-corrected chi connectivity index (χ4v) is 1.66. The summed E-state index contributed by atoms with van der Waals surface area (Å²) in [7, 11) is 3.94. The lowest BCUT2D eigenvalue weighted by molar-refractivity contribution is 0.983. The molecule has 0 amide bonds. The van der Waals surface area contributed by atoms with Gasteiger partial charge in [0.1, 0.15) is 11.6 Å². The van der Waals surface area contributed by atoms with Gasteiger partial charge in [0.15, 0.2) is 0 Å². The van der Waals surface area contributed by atoms with Crippen LogP contribution >= 0.6 is 11.5 Å². The van der Waals surface area contributed by atoms with Crippen LogP contribution < -0.4 is 10.2 Å². The van der Waals surface area contributed by atoms with Crippen LogP contribution in [0.3, 0.4) is 0 Å². The summed E-state index contributed by atoms with van der Waals surface area (Å²) in [4.78, 5) is 6.41. The fourth-order valence-electron chi connectivity index (χ4n) is 1.21. The number of nitrogens with zero attached hydrogens (tertiary/aromatic N) is 4. The second-order valence-corrected chi connectivity index (χ2v) is 4.14. The predicted molar refractivity (Wildman–Crippen MR) is 65.8 cm³/mol. The molecule has 0 aromatic carbocycles. The van der Waals surface area contributed by atoms with E-state index in [2.05, 4.69) is 19.9 Å². The number of rotatable bonds is 4. The average Bonchev–Trinajstić information content (AvgIpc) is 2.79. The van der Waals surface area contributed by atoms with E-state index in [4.69, 9.17) is 0 Å². The van der Waals surface area contributed by atoms with Crippen molar-refractivity contribution in [3.05, 3.63) is 29.3 Å². The molecule has 2 aromatic heterocycles. The van der Waals surface area contributed by atoms with Crippen molar-refractivity contribution < 1.29 is 0 Å². The highest BCUT2D eigenvalue weighted by Gasteiger charge is 2.00. The highest BCUT2D eigenvalue weighted by molar-refractivity contribution is 7.03. The molecular weight excluding hydrogens is 222 g/mol. The number of hydrogen-bond donors (Lipinski definition) is 1. The maximum atomic E-state index is 4.44. The van der Waals surface area contributed by atoms with Crippen LogP contribution in [0.5, 0.6) is 0 Å². The lowest BCUT2D eigenvalue weighted by Gasteiger charge is -2.12. The summed E-state index contributed by atoms with van der Waals surface area (Å²) in [6, 6.07) is 5.88. The zero-order valence-corrected chi connectivity index (χ0v) is 10.0. The lowest BCUT2D eigenvalue weighted by atomic mass is 10.4. The topological polar surface area (TPSA) is 53.9 Å². The molecular formula is C10H13N5S. The molecule has 0 saturated carbocycles. The fraction of sp³-hybridized carbons (Fsp3) is 0.300. The van der Waals surface area contributed by atoms with Crippen molar-refractivity contribution in [2.75, 3.05) is 24.3 Å². The Bertz CT molecular complexity index is 440. The summed E-state index contributed by atoms with van der Waals surface area (Å²) in [6.07, 6.45) is 0. The van der Waals surface area contributed by atoms with Crippen LogP contribution in [0.2, 0.25) is 0 Å². The van der Waals surface area contributed by atoms with Crippen molar-refractivity contribution in [1.29, 1.82) is 0 Å². The van der Waals surface area contributed by atoms with Crippen molar-refractivity contribution in [2.24, 2.45) is 0 Å². The second-order valence-electron chi connectivity index (χ2n) is 3.53. The van der Waals surface area contributed by atoms with Gasteiger partial charge in [-0.1, -0.05) is 10.6 Å². The lowest BCUT2D eigenvalue weighted by Crippen LogP contribution is -2.11. The van der Waals surface area contributed by atoms with Crippen LogP contribution in [-0.4, -0.2) is 28.7 Å². The molecule has 16 heavy (non-hydrogen) atoms. The van der Waals surface area contributed by atoms with E-state index in [1.807, 2.05) is 42.6 Å². The maximum absolute atomic E-state index is 4.44. The van der Waals surface area contributed by atoms with Gasteiger partial charge in [0, 0.05) is 19.5 Å². The molecule has 0 spiro atoms. The highest BCUT2D eigenvalue weighted by atomic mass is 32.1. The first kappa shape index (κ1) is 10.8. The van der Waals surface area contributed by atoms with E-state index < -0.39 is 0 Å². The molecule has 0 aliphatic rings. The Kier molecular flexibility index (Phi) is 3.31. The van der Waals surface area contributed by atoms with Crippen LogP contribution in [0.4, 0.5) is 11.6 Å². The van der Waals surface area contributed by atoms with Crippen molar-refractivity contribution in [3.63, 3.8) is 0 Å².